The van der Waals surface area contributed by atoms with E-state index in [0.717, 1.165) is 50.1 Å². The Balaban J connectivity index is 1.31. The van der Waals surface area contributed by atoms with Crippen LogP contribution in [0.15, 0.2) is 28.8 Å². The third-order valence-corrected chi connectivity index (χ3v) is 5.19. The zero-order valence-corrected chi connectivity index (χ0v) is 14.5. The van der Waals surface area contributed by atoms with Gasteiger partial charge >= 0.3 is 0 Å². The van der Waals surface area contributed by atoms with Crippen molar-refractivity contribution in [3.05, 3.63) is 41.5 Å². The fourth-order valence-electron chi connectivity index (χ4n) is 3.77. The van der Waals surface area contributed by atoms with Crippen molar-refractivity contribution < 1.29 is 14.1 Å². The number of rotatable bonds is 3. The number of ether oxygens (including phenoxy) is 1. The standard InChI is InChI=1S/C19H23N3O3/c1-13-20-18(25-21-13)10-14-6-8-22(9-7-14)19(23)16-11-15-4-2-3-5-17(15)24-12-16/h2-5,14,16H,6-12H2,1H3. The third kappa shape index (κ3) is 3.52. The molecule has 0 bridgehead atoms. The second-order valence-corrected chi connectivity index (χ2v) is 7.03. The molecule has 1 atom stereocenters. The van der Waals surface area contributed by atoms with Gasteiger partial charge in [0, 0.05) is 19.5 Å². The number of aryl methyl sites for hydroxylation is 1. The van der Waals surface area contributed by atoms with E-state index in [-0.39, 0.29) is 11.8 Å². The molecule has 0 spiro atoms. The SMILES string of the molecule is Cc1noc(CC2CCN(C(=O)C3COc4ccccc4C3)CC2)n1. The van der Waals surface area contributed by atoms with Gasteiger partial charge in [-0.05, 0) is 43.7 Å². The van der Waals surface area contributed by atoms with Gasteiger partial charge in [-0.15, -0.1) is 0 Å². The molecule has 6 nitrogen and oxygen atoms in total. The molecule has 2 aliphatic rings. The number of amides is 1. The van der Waals surface area contributed by atoms with Crippen LogP contribution in [0.2, 0.25) is 0 Å². The Morgan fingerprint density at radius 3 is 2.84 bits per heavy atom. The van der Waals surface area contributed by atoms with Crippen molar-refractivity contribution >= 4 is 5.91 Å². The smallest absolute Gasteiger partial charge is 0.229 e. The highest BCUT2D eigenvalue weighted by atomic mass is 16.5. The number of hydrogen-bond acceptors (Lipinski definition) is 5. The van der Waals surface area contributed by atoms with Crippen LogP contribution in [0.1, 0.15) is 30.1 Å². The molecule has 3 heterocycles. The maximum Gasteiger partial charge on any atom is 0.229 e. The second kappa shape index (κ2) is 6.86. The minimum absolute atomic E-state index is 0.0648. The van der Waals surface area contributed by atoms with Gasteiger partial charge in [-0.1, -0.05) is 23.4 Å². The van der Waals surface area contributed by atoms with E-state index in [1.807, 2.05) is 36.1 Å². The van der Waals surface area contributed by atoms with Crippen LogP contribution in [0.3, 0.4) is 0 Å². The first kappa shape index (κ1) is 16.1. The van der Waals surface area contributed by atoms with Gasteiger partial charge in [0.15, 0.2) is 5.82 Å². The number of para-hydroxylation sites is 1. The van der Waals surface area contributed by atoms with Gasteiger partial charge in [-0.25, -0.2) is 0 Å². The lowest BCUT2D eigenvalue weighted by atomic mass is 9.91. The molecule has 1 fully saturated rings. The number of carbonyl (C=O) groups excluding carboxylic acids is 1. The van der Waals surface area contributed by atoms with E-state index in [9.17, 15) is 4.79 Å². The van der Waals surface area contributed by atoms with Crippen molar-refractivity contribution in [2.24, 2.45) is 11.8 Å². The van der Waals surface area contributed by atoms with Crippen molar-refractivity contribution in [3.63, 3.8) is 0 Å². The molecule has 132 valence electrons. The van der Waals surface area contributed by atoms with Crippen molar-refractivity contribution in [2.45, 2.75) is 32.6 Å². The Morgan fingerprint density at radius 1 is 1.28 bits per heavy atom. The molecule has 2 aliphatic heterocycles. The molecule has 0 aliphatic carbocycles. The molecule has 2 aromatic rings. The zero-order chi connectivity index (χ0) is 17.2. The lowest BCUT2D eigenvalue weighted by Crippen LogP contribution is -2.45. The van der Waals surface area contributed by atoms with Crippen molar-refractivity contribution in [1.82, 2.24) is 15.0 Å². The summed E-state index contributed by atoms with van der Waals surface area (Å²) in [6.07, 6.45) is 3.55. The van der Waals surface area contributed by atoms with Crippen LogP contribution in [0.25, 0.3) is 0 Å². The van der Waals surface area contributed by atoms with Crippen LogP contribution in [0, 0.1) is 18.8 Å². The number of fused-ring (bicyclic) bond motifs is 1. The first-order chi connectivity index (χ1) is 12.2. The Kier molecular flexibility index (Phi) is 4.42. The monoisotopic (exact) mass is 341 g/mol. The van der Waals surface area contributed by atoms with Gasteiger partial charge in [0.05, 0.1) is 5.92 Å². The molecule has 0 radical (unpaired) electrons. The fraction of sp³-hybridized carbons (Fsp3) is 0.526. The van der Waals surface area contributed by atoms with Gasteiger partial charge in [0.2, 0.25) is 11.8 Å². The Morgan fingerprint density at radius 2 is 2.08 bits per heavy atom. The van der Waals surface area contributed by atoms with E-state index in [0.29, 0.717) is 24.2 Å². The average molecular weight is 341 g/mol. The van der Waals surface area contributed by atoms with Crippen LogP contribution < -0.4 is 4.74 Å². The summed E-state index contributed by atoms with van der Waals surface area (Å²) in [7, 11) is 0. The minimum atomic E-state index is -0.0648. The Hall–Kier alpha value is -2.37. The average Bonchev–Trinajstić information content (AvgIpc) is 3.06. The number of benzene rings is 1. The van der Waals surface area contributed by atoms with Gasteiger partial charge in [0.1, 0.15) is 12.4 Å². The molecule has 1 amide bonds. The molecule has 1 aromatic heterocycles. The Bertz CT molecular complexity index is 750. The molecule has 1 aromatic carbocycles. The lowest BCUT2D eigenvalue weighted by molar-refractivity contribution is -0.138. The second-order valence-electron chi connectivity index (χ2n) is 7.03. The van der Waals surface area contributed by atoms with Gasteiger partial charge < -0.3 is 14.2 Å². The Labute approximate surface area is 147 Å². The highest BCUT2D eigenvalue weighted by Crippen LogP contribution is 2.29. The first-order valence-electron chi connectivity index (χ1n) is 8.97. The summed E-state index contributed by atoms with van der Waals surface area (Å²) in [5.74, 6) is 2.97. The third-order valence-electron chi connectivity index (χ3n) is 5.19. The highest BCUT2D eigenvalue weighted by molar-refractivity contribution is 5.80. The van der Waals surface area contributed by atoms with E-state index < -0.39 is 0 Å². The van der Waals surface area contributed by atoms with E-state index in [4.69, 9.17) is 9.26 Å². The minimum Gasteiger partial charge on any atom is -0.492 e. The van der Waals surface area contributed by atoms with Crippen LogP contribution in [-0.4, -0.2) is 40.6 Å². The van der Waals surface area contributed by atoms with Crippen LogP contribution >= 0.6 is 0 Å². The molecule has 1 unspecified atom stereocenters. The zero-order valence-electron chi connectivity index (χ0n) is 14.5. The molecular weight excluding hydrogens is 318 g/mol. The lowest BCUT2D eigenvalue weighted by Gasteiger charge is -2.35. The number of piperidine rings is 1. The van der Waals surface area contributed by atoms with Crippen LogP contribution in [0.5, 0.6) is 5.75 Å². The summed E-state index contributed by atoms with van der Waals surface area (Å²) in [5.41, 5.74) is 1.13. The number of aromatic nitrogens is 2. The van der Waals surface area contributed by atoms with Crippen LogP contribution in [0.4, 0.5) is 0 Å². The highest BCUT2D eigenvalue weighted by Gasteiger charge is 2.32. The number of carbonyl (C=O) groups is 1. The summed E-state index contributed by atoms with van der Waals surface area (Å²) in [6, 6.07) is 7.99. The summed E-state index contributed by atoms with van der Waals surface area (Å²) in [6.45, 7) is 3.92. The topological polar surface area (TPSA) is 68.5 Å². The fourth-order valence-corrected chi connectivity index (χ4v) is 3.77. The summed E-state index contributed by atoms with van der Waals surface area (Å²) < 4.78 is 11.0. The first-order valence-corrected chi connectivity index (χ1v) is 8.97. The largest absolute Gasteiger partial charge is 0.492 e. The van der Waals surface area contributed by atoms with Crippen molar-refractivity contribution in [1.29, 1.82) is 0 Å². The molecule has 4 rings (SSSR count). The van der Waals surface area contributed by atoms with E-state index in [1.54, 1.807) is 0 Å². The van der Waals surface area contributed by atoms with E-state index in [1.165, 1.54) is 0 Å². The summed E-state index contributed by atoms with van der Waals surface area (Å²) >= 11 is 0. The van der Waals surface area contributed by atoms with Gasteiger partial charge in [0.25, 0.3) is 0 Å². The molecule has 1 saturated heterocycles. The predicted octanol–water partition coefficient (Wildman–Crippen LogP) is 2.41. The van der Waals surface area contributed by atoms with E-state index >= 15 is 0 Å². The van der Waals surface area contributed by atoms with E-state index in [2.05, 4.69) is 10.1 Å². The number of nitrogens with zero attached hydrogens (tertiary/aromatic N) is 3. The quantitative estimate of drug-likeness (QED) is 0.857. The normalized spacial score (nSPS) is 20.8. The summed E-state index contributed by atoms with van der Waals surface area (Å²) in [5, 5.41) is 3.84. The van der Waals surface area contributed by atoms with Crippen molar-refractivity contribution in [2.75, 3.05) is 19.7 Å². The maximum absolute atomic E-state index is 12.8. The molecule has 25 heavy (non-hydrogen) atoms. The van der Waals surface area contributed by atoms with Crippen LogP contribution in [-0.2, 0) is 17.6 Å². The molecular formula is C19H23N3O3. The molecule has 0 saturated carbocycles. The van der Waals surface area contributed by atoms with Gasteiger partial charge in [-0.2, -0.15) is 4.98 Å². The number of hydrogen-bond donors (Lipinski definition) is 0. The number of likely N-dealkylation sites (tertiary alicyclic amines) is 1. The van der Waals surface area contributed by atoms with Gasteiger partial charge in [-0.3, -0.25) is 4.79 Å². The molecule has 6 heteroatoms. The molecule has 0 N–H and O–H groups in total. The summed E-state index contributed by atoms with van der Waals surface area (Å²) in [4.78, 5) is 19.1. The van der Waals surface area contributed by atoms with Crippen molar-refractivity contribution in [3.8, 4) is 5.75 Å². The predicted molar refractivity (Wildman–Crippen MR) is 91.2 cm³/mol. The maximum atomic E-state index is 12.8.